The van der Waals surface area contributed by atoms with Gasteiger partial charge in [0.15, 0.2) is 5.82 Å². The van der Waals surface area contributed by atoms with Crippen molar-refractivity contribution >= 4 is 29.3 Å². The number of nitrogens with two attached hydrogens (primary N) is 1. The lowest BCUT2D eigenvalue weighted by atomic mass is 9.96. The standard InChI is InChI=1S/C24H27N5O3S/c1-16-26-22(32-28-16)15-33-21-8-3-2-7-20(21)24(31)27-19-6-4-5-17(13-19)14-29-11-9-18(10-12-29)23(25)30/h2-8,13,18H,9-12,14-15H2,1H3,(H2,25,30)(H,27,31). The van der Waals surface area contributed by atoms with Gasteiger partial charge in [-0.25, -0.2) is 0 Å². The number of likely N-dealkylation sites (tertiary alicyclic amines) is 1. The number of aromatic nitrogens is 2. The number of primary amides is 1. The van der Waals surface area contributed by atoms with Crippen LogP contribution in [0.15, 0.2) is 57.9 Å². The minimum absolute atomic E-state index is 0.0198. The molecule has 1 aliphatic heterocycles. The Hall–Kier alpha value is -3.17. The molecule has 1 aliphatic rings. The molecule has 3 aromatic rings. The number of piperidine rings is 1. The summed E-state index contributed by atoms with van der Waals surface area (Å²) in [5.74, 6) is 1.22. The normalized spacial score (nSPS) is 14.8. The average Bonchev–Trinajstić information content (AvgIpc) is 3.23. The molecule has 0 aliphatic carbocycles. The van der Waals surface area contributed by atoms with Crippen LogP contribution in [0.2, 0.25) is 0 Å². The molecular weight excluding hydrogens is 438 g/mol. The molecule has 0 radical (unpaired) electrons. The second-order valence-electron chi connectivity index (χ2n) is 8.13. The summed E-state index contributed by atoms with van der Waals surface area (Å²) in [4.78, 5) is 31.8. The van der Waals surface area contributed by atoms with Gasteiger partial charge in [-0.2, -0.15) is 4.98 Å². The third-order valence-corrected chi connectivity index (χ3v) is 6.69. The van der Waals surface area contributed by atoms with Gasteiger partial charge in [-0.1, -0.05) is 29.4 Å². The first-order valence-corrected chi connectivity index (χ1v) is 11.9. The van der Waals surface area contributed by atoms with Crippen LogP contribution in [-0.4, -0.2) is 39.9 Å². The second-order valence-corrected chi connectivity index (χ2v) is 9.14. The van der Waals surface area contributed by atoms with Crippen molar-refractivity contribution in [2.45, 2.75) is 37.0 Å². The van der Waals surface area contributed by atoms with Gasteiger partial charge in [-0.3, -0.25) is 14.5 Å². The third-order valence-electron chi connectivity index (χ3n) is 5.63. The van der Waals surface area contributed by atoms with Crippen molar-refractivity contribution in [3.63, 3.8) is 0 Å². The molecule has 0 spiro atoms. The first-order valence-electron chi connectivity index (χ1n) is 10.9. The molecule has 172 valence electrons. The lowest BCUT2D eigenvalue weighted by Crippen LogP contribution is -2.38. The summed E-state index contributed by atoms with van der Waals surface area (Å²) < 4.78 is 5.17. The van der Waals surface area contributed by atoms with Gasteiger partial charge in [-0.05, 0) is 62.7 Å². The van der Waals surface area contributed by atoms with Crippen LogP contribution >= 0.6 is 11.8 Å². The predicted octanol–water partition coefficient (Wildman–Crippen LogP) is 3.62. The van der Waals surface area contributed by atoms with Gasteiger partial charge in [0.05, 0.1) is 11.3 Å². The zero-order chi connectivity index (χ0) is 23.2. The number of hydrogen-bond acceptors (Lipinski definition) is 7. The minimum Gasteiger partial charge on any atom is -0.369 e. The topological polar surface area (TPSA) is 114 Å². The molecule has 33 heavy (non-hydrogen) atoms. The number of rotatable bonds is 8. The van der Waals surface area contributed by atoms with E-state index in [2.05, 4.69) is 20.4 Å². The molecule has 0 atom stereocenters. The number of benzene rings is 2. The highest BCUT2D eigenvalue weighted by molar-refractivity contribution is 7.98. The fraction of sp³-hybridized carbons (Fsp3) is 0.333. The number of carbonyl (C=O) groups is 2. The molecule has 2 aromatic carbocycles. The van der Waals surface area contributed by atoms with Crippen LogP contribution in [0.4, 0.5) is 5.69 Å². The molecule has 1 saturated heterocycles. The molecule has 9 heteroatoms. The SMILES string of the molecule is Cc1noc(CSc2ccccc2C(=O)Nc2cccc(CN3CCC(C(N)=O)CC3)c2)n1. The van der Waals surface area contributed by atoms with E-state index in [0.717, 1.165) is 48.6 Å². The summed E-state index contributed by atoms with van der Waals surface area (Å²) in [6.45, 7) is 4.23. The summed E-state index contributed by atoms with van der Waals surface area (Å²) in [5.41, 5.74) is 7.88. The Labute approximate surface area is 196 Å². The third kappa shape index (κ3) is 6.21. The summed E-state index contributed by atoms with van der Waals surface area (Å²) in [5, 5.41) is 6.82. The van der Waals surface area contributed by atoms with Crippen molar-refractivity contribution < 1.29 is 14.1 Å². The first-order chi connectivity index (χ1) is 16.0. The molecule has 3 N–H and O–H groups in total. The predicted molar refractivity (Wildman–Crippen MR) is 127 cm³/mol. The number of nitrogens with one attached hydrogen (secondary N) is 1. The lowest BCUT2D eigenvalue weighted by Gasteiger charge is -2.30. The van der Waals surface area contributed by atoms with Crippen molar-refractivity contribution in [1.29, 1.82) is 0 Å². The number of nitrogens with zero attached hydrogens (tertiary/aromatic N) is 3. The number of hydrogen-bond donors (Lipinski definition) is 2. The fourth-order valence-electron chi connectivity index (χ4n) is 3.90. The van der Waals surface area contributed by atoms with E-state index in [1.54, 1.807) is 6.92 Å². The molecular formula is C24H27N5O3S. The van der Waals surface area contributed by atoms with E-state index < -0.39 is 0 Å². The Kier molecular flexibility index (Phi) is 7.41. The Morgan fingerprint density at radius 2 is 1.97 bits per heavy atom. The zero-order valence-corrected chi connectivity index (χ0v) is 19.3. The van der Waals surface area contributed by atoms with E-state index >= 15 is 0 Å². The second kappa shape index (κ2) is 10.6. The molecule has 1 fully saturated rings. The largest absolute Gasteiger partial charge is 0.369 e. The number of carbonyl (C=O) groups excluding carboxylic acids is 2. The van der Waals surface area contributed by atoms with E-state index in [0.29, 0.717) is 23.0 Å². The number of thioether (sulfide) groups is 1. The fourth-order valence-corrected chi connectivity index (χ4v) is 4.79. The van der Waals surface area contributed by atoms with Gasteiger partial charge in [0.2, 0.25) is 11.8 Å². The minimum atomic E-state index is -0.204. The van der Waals surface area contributed by atoms with Crippen LogP contribution in [0.25, 0.3) is 0 Å². The van der Waals surface area contributed by atoms with E-state index in [4.69, 9.17) is 10.3 Å². The Bertz CT molecular complexity index is 1120. The van der Waals surface area contributed by atoms with Gasteiger partial charge in [-0.15, -0.1) is 11.8 Å². The van der Waals surface area contributed by atoms with Gasteiger partial charge in [0, 0.05) is 23.0 Å². The summed E-state index contributed by atoms with van der Waals surface area (Å²) >= 11 is 1.48. The van der Waals surface area contributed by atoms with Crippen LogP contribution in [0, 0.1) is 12.8 Å². The molecule has 8 nitrogen and oxygen atoms in total. The average molecular weight is 466 g/mol. The number of amides is 2. The number of anilines is 1. The zero-order valence-electron chi connectivity index (χ0n) is 18.5. The highest BCUT2D eigenvalue weighted by Gasteiger charge is 2.23. The van der Waals surface area contributed by atoms with E-state index in [-0.39, 0.29) is 17.7 Å². The lowest BCUT2D eigenvalue weighted by molar-refractivity contribution is -0.123. The molecule has 2 amide bonds. The smallest absolute Gasteiger partial charge is 0.256 e. The van der Waals surface area contributed by atoms with Crippen molar-refractivity contribution in [1.82, 2.24) is 15.0 Å². The highest BCUT2D eigenvalue weighted by atomic mass is 32.2. The first kappa shape index (κ1) is 23.0. The van der Waals surface area contributed by atoms with E-state index in [1.807, 2.05) is 48.5 Å². The van der Waals surface area contributed by atoms with Crippen molar-refractivity contribution in [3.05, 3.63) is 71.4 Å². The Morgan fingerprint density at radius 1 is 1.18 bits per heavy atom. The highest BCUT2D eigenvalue weighted by Crippen LogP contribution is 2.27. The molecule has 1 aromatic heterocycles. The summed E-state index contributed by atoms with van der Waals surface area (Å²) in [7, 11) is 0. The van der Waals surface area contributed by atoms with Crippen LogP contribution in [-0.2, 0) is 17.1 Å². The molecule has 4 rings (SSSR count). The van der Waals surface area contributed by atoms with Crippen molar-refractivity contribution in [3.8, 4) is 0 Å². The van der Waals surface area contributed by atoms with Gasteiger partial charge < -0.3 is 15.6 Å². The van der Waals surface area contributed by atoms with Crippen LogP contribution < -0.4 is 11.1 Å². The van der Waals surface area contributed by atoms with E-state index in [9.17, 15) is 9.59 Å². The van der Waals surface area contributed by atoms with Crippen molar-refractivity contribution in [2.75, 3.05) is 18.4 Å². The number of aryl methyl sites for hydroxylation is 1. The monoisotopic (exact) mass is 465 g/mol. The Morgan fingerprint density at radius 3 is 2.70 bits per heavy atom. The molecule has 0 unspecified atom stereocenters. The van der Waals surface area contributed by atoms with Crippen LogP contribution in [0.3, 0.4) is 0 Å². The quantitative estimate of drug-likeness (QED) is 0.488. The summed E-state index contributed by atoms with van der Waals surface area (Å²) in [6, 6.07) is 15.3. The van der Waals surface area contributed by atoms with Crippen LogP contribution in [0.5, 0.6) is 0 Å². The van der Waals surface area contributed by atoms with Crippen molar-refractivity contribution in [2.24, 2.45) is 11.7 Å². The maximum atomic E-state index is 13.0. The van der Waals surface area contributed by atoms with Gasteiger partial charge in [0.1, 0.15) is 0 Å². The maximum Gasteiger partial charge on any atom is 0.256 e. The summed E-state index contributed by atoms with van der Waals surface area (Å²) in [6.07, 6.45) is 1.59. The van der Waals surface area contributed by atoms with E-state index in [1.165, 1.54) is 11.8 Å². The van der Waals surface area contributed by atoms with Crippen LogP contribution in [0.1, 0.15) is 40.5 Å². The van der Waals surface area contributed by atoms with Gasteiger partial charge >= 0.3 is 0 Å². The molecule has 0 bridgehead atoms. The maximum absolute atomic E-state index is 13.0. The Balaban J connectivity index is 1.37. The molecule has 0 saturated carbocycles. The van der Waals surface area contributed by atoms with Gasteiger partial charge in [0.25, 0.3) is 5.91 Å². The molecule has 2 heterocycles.